The molecule has 0 aliphatic carbocycles. The van der Waals surface area contributed by atoms with E-state index in [-0.39, 0.29) is 12.1 Å². The van der Waals surface area contributed by atoms with Crippen molar-refractivity contribution < 1.29 is 0 Å². The first-order chi connectivity index (χ1) is 20.8. The number of rotatable bonds is 4. The molecule has 0 spiro atoms. The standard InChI is InChI=1S/C40H34N2/c1-3-13-29(14-4-1)25-39-33-19-11-17-31(27-33)36-22-8-10-24-38(36)42-40(26-30-15-5-2-6-16-30)34-20-12-18-32(28-34)35-21-7-9-23-37(35)41-39/h1-24,27-28,39-42H,25-26H2. The lowest BCUT2D eigenvalue weighted by Crippen LogP contribution is -2.16. The molecule has 2 heteroatoms. The minimum atomic E-state index is 0.102. The lowest BCUT2D eigenvalue weighted by atomic mass is 9.91. The van der Waals surface area contributed by atoms with Gasteiger partial charge in [-0.3, -0.25) is 0 Å². The molecule has 6 aromatic carbocycles. The van der Waals surface area contributed by atoms with Gasteiger partial charge in [0.25, 0.3) is 0 Å². The number of para-hydroxylation sites is 2. The van der Waals surface area contributed by atoms with Crippen LogP contribution >= 0.6 is 0 Å². The number of hydrogen-bond acceptors (Lipinski definition) is 2. The van der Waals surface area contributed by atoms with Crippen molar-refractivity contribution in [2.24, 2.45) is 0 Å². The minimum absolute atomic E-state index is 0.102. The van der Waals surface area contributed by atoms with Gasteiger partial charge >= 0.3 is 0 Å². The highest BCUT2D eigenvalue weighted by molar-refractivity contribution is 5.81. The Hall–Kier alpha value is -5.08. The first-order valence-corrected chi connectivity index (χ1v) is 14.8. The van der Waals surface area contributed by atoms with Crippen molar-refractivity contribution in [1.29, 1.82) is 0 Å². The number of anilines is 2. The molecule has 0 amide bonds. The fourth-order valence-electron chi connectivity index (χ4n) is 6.15. The van der Waals surface area contributed by atoms with Gasteiger partial charge in [0.15, 0.2) is 0 Å². The van der Waals surface area contributed by atoms with Crippen LogP contribution in [0.15, 0.2) is 158 Å². The van der Waals surface area contributed by atoms with Crippen molar-refractivity contribution in [3.8, 4) is 22.3 Å². The average Bonchev–Trinajstić information content (AvgIpc) is 3.05. The van der Waals surface area contributed by atoms with E-state index >= 15 is 0 Å². The van der Waals surface area contributed by atoms with Gasteiger partial charge in [-0.2, -0.15) is 0 Å². The Morgan fingerprint density at radius 1 is 0.381 bits per heavy atom. The Kier molecular flexibility index (Phi) is 7.27. The van der Waals surface area contributed by atoms with Crippen LogP contribution in [0.4, 0.5) is 11.4 Å². The molecule has 0 aromatic heterocycles. The topological polar surface area (TPSA) is 24.1 Å². The predicted molar refractivity (Wildman–Crippen MR) is 177 cm³/mol. The summed E-state index contributed by atoms with van der Waals surface area (Å²) >= 11 is 0. The van der Waals surface area contributed by atoms with E-state index < -0.39 is 0 Å². The third kappa shape index (κ3) is 5.57. The van der Waals surface area contributed by atoms with Crippen LogP contribution in [-0.2, 0) is 12.8 Å². The van der Waals surface area contributed by atoms with E-state index in [9.17, 15) is 0 Å². The van der Waals surface area contributed by atoms with E-state index in [1.807, 2.05) is 0 Å². The molecule has 6 aromatic rings. The fourth-order valence-corrected chi connectivity index (χ4v) is 6.15. The first kappa shape index (κ1) is 25.9. The van der Waals surface area contributed by atoms with Gasteiger partial charge in [0.05, 0.1) is 12.1 Å². The summed E-state index contributed by atoms with van der Waals surface area (Å²) in [4.78, 5) is 0. The van der Waals surface area contributed by atoms with Crippen LogP contribution in [0.1, 0.15) is 34.3 Å². The quantitative estimate of drug-likeness (QED) is 0.232. The number of nitrogens with one attached hydrogen (secondary N) is 2. The van der Waals surface area contributed by atoms with Crippen molar-refractivity contribution in [3.05, 3.63) is 180 Å². The first-order valence-electron chi connectivity index (χ1n) is 14.8. The molecule has 1 aliphatic heterocycles. The van der Waals surface area contributed by atoms with Gasteiger partial charge in [-0.05, 0) is 70.5 Å². The Balaban J connectivity index is 1.41. The number of hydrogen-bond donors (Lipinski definition) is 2. The summed E-state index contributed by atoms with van der Waals surface area (Å²) in [5, 5.41) is 7.95. The highest BCUT2D eigenvalue weighted by Gasteiger charge is 2.20. The lowest BCUT2D eigenvalue weighted by Gasteiger charge is -2.26. The highest BCUT2D eigenvalue weighted by atomic mass is 14.9. The minimum Gasteiger partial charge on any atom is -0.377 e. The summed E-state index contributed by atoms with van der Waals surface area (Å²) in [5.41, 5.74) is 12.3. The molecule has 1 aliphatic rings. The summed E-state index contributed by atoms with van der Waals surface area (Å²) in [6, 6.07) is 57.3. The van der Waals surface area contributed by atoms with E-state index in [4.69, 9.17) is 0 Å². The van der Waals surface area contributed by atoms with Crippen molar-refractivity contribution in [3.63, 3.8) is 0 Å². The average molecular weight is 543 g/mol. The van der Waals surface area contributed by atoms with Gasteiger partial charge < -0.3 is 10.6 Å². The van der Waals surface area contributed by atoms with Gasteiger partial charge in [0.2, 0.25) is 0 Å². The monoisotopic (exact) mass is 542 g/mol. The summed E-state index contributed by atoms with van der Waals surface area (Å²) in [6.45, 7) is 0. The molecule has 7 rings (SSSR count). The van der Waals surface area contributed by atoms with Gasteiger partial charge in [0.1, 0.15) is 0 Å². The maximum absolute atomic E-state index is 3.98. The summed E-state index contributed by atoms with van der Waals surface area (Å²) in [5.74, 6) is 0. The van der Waals surface area contributed by atoms with Crippen LogP contribution in [0.5, 0.6) is 0 Å². The molecule has 0 saturated heterocycles. The summed E-state index contributed by atoms with van der Waals surface area (Å²) in [7, 11) is 0. The van der Waals surface area contributed by atoms with Crippen LogP contribution in [0, 0.1) is 0 Å². The van der Waals surface area contributed by atoms with E-state index in [1.165, 1.54) is 44.5 Å². The van der Waals surface area contributed by atoms with E-state index in [0.29, 0.717) is 0 Å². The van der Waals surface area contributed by atoms with Crippen LogP contribution in [0.2, 0.25) is 0 Å². The molecule has 2 unspecified atom stereocenters. The number of fused-ring (bicyclic) bond motifs is 8. The molecule has 0 fully saturated rings. The van der Waals surface area contributed by atoms with Crippen LogP contribution in [0.25, 0.3) is 22.3 Å². The summed E-state index contributed by atoms with van der Waals surface area (Å²) < 4.78 is 0. The molecule has 2 nitrogen and oxygen atoms in total. The summed E-state index contributed by atoms with van der Waals surface area (Å²) in [6.07, 6.45) is 1.77. The normalized spacial score (nSPS) is 15.7. The second kappa shape index (κ2) is 11.8. The van der Waals surface area contributed by atoms with Gasteiger partial charge in [0, 0.05) is 22.5 Å². The van der Waals surface area contributed by atoms with Crippen LogP contribution in [-0.4, -0.2) is 0 Å². The molecular weight excluding hydrogens is 508 g/mol. The third-order valence-corrected chi connectivity index (χ3v) is 8.28. The molecule has 0 radical (unpaired) electrons. The Labute approximate surface area is 248 Å². The van der Waals surface area contributed by atoms with Crippen molar-refractivity contribution in [2.75, 3.05) is 10.6 Å². The maximum Gasteiger partial charge on any atom is 0.0554 e. The number of benzene rings is 6. The van der Waals surface area contributed by atoms with E-state index in [0.717, 1.165) is 24.2 Å². The van der Waals surface area contributed by atoms with Gasteiger partial charge in [-0.1, -0.05) is 133 Å². The highest BCUT2D eigenvalue weighted by Crippen LogP contribution is 2.38. The molecule has 42 heavy (non-hydrogen) atoms. The SMILES string of the molecule is c1ccc(CC2Nc3ccccc3-c3cccc(c3)C(Cc3ccccc3)Nc3ccccc3-c3cccc2c3)cc1. The second-order valence-electron chi connectivity index (χ2n) is 11.1. The van der Waals surface area contributed by atoms with Crippen molar-refractivity contribution in [1.82, 2.24) is 0 Å². The molecule has 2 atom stereocenters. The fraction of sp³-hybridized carbons (Fsp3) is 0.100. The lowest BCUT2D eigenvalue weighted by molar-refractivity contribution is 0.773. The van der Waals surface area contributed by atoms with Gasteiger partial charge in [-0.15, -0.1) is 0 Å². The van der Waals surface area contributed by atoms with Crippen LogP contribution < -0.4 is 10.6 Å². The van der Waals surface area contributed by atoms with Crippen LogP contribution in [0.3, 0.4) is 0 Å². The van der Waals surface area contributed by atoms with Crippen molar-refractivity contribution >= 4 is 11.4 Å². The molecule has 2 N–H and O–H groups in total. The molecule has 0 saturated carbocycles. The second-order valence-corrected chi connectivity index (χ2v) is 11.1. The zero-order valence-electron chi connectivity index (χ0n) is 23.6. The van der Waals surface area contributed by atoms with E-state index in [2.05, 4.69) is 168 Å². The Morgan fingerprint density at radius 2 is 0.786 bits per heavy atom. The largest absolute Gasteiger partial charge is 0.377 e. The van der Waals surface area contributed by atoms with Crippen molar-refractivity contribution in [2.45, 2.75) is 24.9 Å². The maximum atomic E-state index is 3.98. The smallest absolute Gasteiger partial charge is 0.0554 e. The predicted octanol–water partition coefficient (Wildman–Crippen LogP) is 10.1. The zero-order valence-corrected chi connectivity index (χ0v) is 23.6. The molecular formula is C40H34N2. The molecule has 204 valence electrons. The Bertz CT molecular complexity index is 1660. The molecule has 4 bridgehead atoms. The zero-order chi connectivity index (χ0) is 28.1. The van der Waals surface area contributed by atoms with E-state index in [1.54, 1.807) is 0 Å². The van der Waals surface area contributed by atoms with Gasteiger partial charge in [-0.25, -0.2) is 0 Å². The molecule has 1 heterocycles. The third-order valence-electron chi connectivity index (χ3n) is 8.28. The Morgan fingerprint density at radius 3 is 1.24 bits per heavy atom.